The Morgan fingerprint density at radius 2 is 2.07 bits per heavy atom. The molecule has 0 saturated heterocycles. The first-order valence-electron chi connectivity index (χ1n) is 3.42. The lowest BCUT2D eigenvalue weighted by Crippen LogP contribution is -2.03. The third-order valence-electron chi connectivity index (χ3n) is 1.51. The summed E-state index contributed by atoms with van der Waals surface area (Å²) in [7, 11) is 0. The number of hydrogen-bond acceptors (Lipinski definition) is 3. The molecule has 74 valence electrons. The van der Waals surface area contributed by atoms with E-state index in [0.717, 1.165) is 0 Å². The average Bonchev–Trinajstić information content (AvgIpc) is 2.15. The summed E-state index contributed by atoms with van der Waals surface area (Å²) >= 11 is 4.40. The minimum absolute atomic E-state index is 0.164. The van der Waals surface area contributed by atoms with Crippen molar-refractivity contribution in [1.29, 1.82) is 0 Å². The zero-order valence-corrected chi connectivity index (χ0v) is 10.4. The van der Waals surface area contributed by atoms with Gasteiger partial charge in [-0.15, -0.1) is 0 Å². The highest BCUT2D eigenvalue weighted by molar-refractivity contribution is 14.1. The Kier molecular flexibility index (Phi) is 3.87. The monoisotopic (exact) mass is 370 g/mol. The van der Waals surface area contributed by atoms with Gasteiger partial charge in [0.25, 0.3) is 0 Å². The van der Waals surface area contributed by atoms with E-state index in [9.17, 15) is 9.59 Å². The van der Waals surface area contributed by atoms with E-state index in [-0.39, 0.29) is 5.56 Å². The van der Waals surface area contributed by atoms with Gasteiger partial charge in [0, 0.05) is 3.57 Å². The first-order chi connectivity index (χ1) is 6.56. The normalized spacial score (nSPS) is 9.57. The van der Waals surface area contributed by atoms with Crippen LogP contribution in [0.4, 0.5) is 0 Å². The summed E-state index contributed by atoms with van der Waals surface area (Å²) in [5.41, 5.74) is 0.466. The molecular weight excluding hydrogens is 367 g/mol. The molecule has 0 fully saturated rings. The van der Waals surface area contributed by atoms with Crippen LogP contribution < -0.4 is 0 Å². The van der Waals surface area contributed by atoms with Gasteiger partial charge in [0.2, 0.25) is 0 Å². The number of rotatable bonds is 2. The number of carboxylic acid groups (broad SMARTS) is 1. The van der Waals surface area contributed by atoms with Crippen LogP contribution in [0.25, 0.3) is 0 Å². The predicted molar refractivity (Wildman–Crippen MR) is 60.5 cm³/mol. The van der Waals surface area contributed by atoms with E-state index < -0.39 is 11.9 Å². The van der Waals surface area contributed by atoms with Crippen molar-refractivity contribution >= 4 is 50.8 Å². The fourth-order valence-corrected chi connectivity index (χ4v) is 1.79. The Morgan fingerprint density at radius 3 is 2.50 bits per heavy atom. The molecule has 0 aliphatic heterocycles. The van der Waals surface area contributed by atoms with Crippen LogP contribution in [-0.4, -0.2) is 17.0 Å². The van der Waals surface area contributed by atoms with Crippen LogP contribution in [0, 0.1) is 3.57 Å². The minimum Gasteiger partial charge on any atom is -0.478 e. The van der Waals surface area contributed by atoms with E-state index in [2.05, 4.69) is 20.1 Å². The molecule has 1 aromatic carbocycles. The summed E-state index contributed by atoms with van der Waals surface area (Å²) < 4.78 is 4.81. The van der Waals surface area contributed by atoms with Crippen LogP contribution in [0.1, 0.15) is 20.7 Å². The van der Waals surface area contributed by atoms with Gasteiger partial charge in [-0.3, -0.25) is 0 Å². The van der Waals surface area contributed by atoms with Gasteiger partial charge in [-0.25, -0.2) is 9.59 Å². The van der Waals surface area contributed by atoms with Crippen molar-refractivity contribution in [2.45, 2.75) is 0 Å². The van der Waals surface area contributed by atoms with Crippen LogP contribution in [0.3, 0.4) is 0 Å². The zero-order chi connectivity index (χ0) is 10.7. The van der Waals surface area contributed by atoms with Gasteiger partial charge < -0.3 is 8.93 Å². The quantitative estimate of drug-likeness (QED) is 0.812. The highest BCUT2D eigenvalue weighted by Crippen LogP contribution is 2.15. The van der Waals surface area contributed by atoms with E-state index in [1.807, 2.05) is 22.6 Å². The van der Waals surface area contributed by atoms with Gasteiger partial charge in [-0.2, -0.15) is 0 Å². The maximum absolute atomic E-state index is 11.0. The molecule has 0 atom stereocenters. The third-order valence-corrected chi connectivity index (χ3v) is 2.69. The van der Waals surface area contributed by atoms with Crippen molar-refractivity contribution in [3.63, 3.8) is 0 Å². The molecule has 6 heteroatoms. The number of halogens is 2. The van der Waals surface area contributed by atoms with Crippen LogP contribution in [0.2, 0.25) is 0 Å². The van der Waals surface area contributed by atoms with Gasteiger partial charge in [0.15, 0.2) is 16.3 Å². The standard InChI is InChI=1S/C8H4BrIO4/c9-14-8(13)4-1-2-5(7(11)12)6(10)3-4/h1-3H,(H,11,12). The van der Waals surface area contributed by atoms with Gasteiger partial charge in [-0.05, 0) is 40.8 Å². The number of carbonyl (C=O) groups excluding carboxylic acids is 1. The topological polar surface area (TPSA) is 63.6 Å². The molecule has 0 bridgehead atoms. The molecule has 0 amide bonds. The molecule has 1 aromatic rings. The van der Waals surface area contributed by atoms with E-state index in [1.165, 1.54) is 18.2 Å². The fraction of sp³-hybridized carbons (Fsp3) is 0. The Labute approximate surface area is 102 Å². The van der Waals surface area contributed by atoms with Gasteiger partial charge >= 0.3 is 11.9 Å². The average molecular weight is 371 g/mol. The smallest absolute Gasteiger partial charge is 0.349 e. The summed E-state index contributed by atoms with van der Waals surface area (Å²) in [6.45, 7) is 0. The Bertz CT molecular complexity index is 391. The second-order valence-electron chi connectivity index (χ2n) is 2.36. The maximum atomic E-state index is 11.0. The molecule has 1 rings (SSSR count). The molecule has 4 nitrogen and oxygen atoms in total. The van der Waals surface area contributed by atoms with Crippen molar-refractivity contribution in [1.82, 2.24) is 0 Å². The predicted octanol–water partition coefficient (Wildman–Crippen LogP) is 2.46. The lowest BCUT2D eigenvalue weighted by Gasteiger charge is -2.01. The van der Waals surface area contributed by atoms with Crippen molar-refractivity contribution in [2.75, 3.05) is 0 Å². The second-order valence-corrected chi connectivity index (χ2v) is 3.85. The molecule has 0 spiro atoms. The molecule has 0 unspecified atom stereocenters. The Morgan fingerprint density at radius 1 is 1.43 bits per heavy atom. The summed E-state index contributed by atoms with van der Waals surface area (Å²) in [5, 5.41) is 8.72. The highest BCUT2D eigenvalue weighted by Gasteiger charge is 2.12. The molecule has 0 aromatic heterocycles. The number of carboxylic acids is 1. The van der Waals surface area contributed by atoms with E-state index in [4.69, 9.17) is 5.11 Å². The number of carbonyl (C=O) groups is 2. The lowest BCUT2D eigenvalue weighted by atomic mass is 10.1. The summed E-state index contributed by atoms with van der Waals surface area (Å²) in [6.07, 6.45) is 0. The Balaban J connectivity index is 3.12. The molecular formula is C8H4BrIO4. The molecule has 1 N–H and O–H groups in total. The molecule has 14 heavy (non-hydrogen) atoms. The molecule has 0 radical (unpaired) electrons. The maximum Gasteiger partial charge on any atom is 0.349 e. The van der Waals surface area contributed by atoms with Crippen molar-refractivity contribution in [3.8, 4) is 0 Å². The van der Waals surface area contributed by atoms with Crippen molar-refractivity contribution in [3.05, 3.63) is 32.9 Å². The molecule has 0 aliphatic rings. The molecule has 0 saturated carbocycles. The van der Waals surface area contributed by atoms with Gasteiger partial charge in [0.05, 0.1) is 11.1 Å². The second kappa shape index (κ2) is 4.74. The van der Waals surface area contributed by atoms with Gasteiger partial charge in [-0.1, -0.05) is 0 Å². The third kappa shape index (κ3) is 2.44. The summed E-state index contributed by atoms with van der Waals surface area (Å²) in [6, 6.07) is 4.21. The van der Waals surface area contributed by atoms with Crippen molar-refractivity contribution in [2.24, 2.45) is 0 Å². The molecule has 0 heterocycles. The van der Waals surface area contributed by atoms with Crippen LogP contribution in [-0.2, 0) is 3.83 Å². The SMILES string of the molecule is O=C(OBr)c1ccc(C(=O)O)c(I)c1. The van der Waals surface area contributed by atoms with Crippen LogP contribution >= 0.6 is 38.8 Å². The Hall–Kier alpha value is -0.630. The van der Waals surface area contributed by atoms with Gasteiger partial charge in [0.1, 0.15) is 0 Å². The van der Waals surface area contributed by atoms with Crippen LogP contribution in [0.15, 0.2) is 18.2 Å². The summed E-state index contributed by atoms with van der Waals surface area (Å²) in [4.78, 5) is 21.7. The lowest BCUT2D eigenvalue weighted by molar-refractivity contribution is 0.0693. The van der Waals surface area contributed by atoms with E-state index in [1.54, 1.807) is 0 Å². The first kappa shape index (κ1) is 11.4. The highest BCUT2D eigenvalue weighted by atomic mass is 127. The zero-order valence-electron chi connectivity index (χ0n) is 6.66. The number of aromatic carboxylic acids is 1. The van der Waals surface area contributed by atoms with E-state index >= 15 is 0 Å². The first-order valence-corrected chi connectivity index (χ1v) is 5.14. The number of hydrogen-bond donors (Lipinski definition) is 1. The largest absolute Gasteiger partial charge is 0.478 e. The summed E-state index contributed by atoms with van der Waals surface area (Å²) in [5.74, 6) is -1.58. The fourth-order valence-electron chi connectivity index (χ4n) is 0.860. The van der Waals surface area contributed by atoms with Crippen LogP contribution in [0.5, 0.6) is 0 Å². The van der Waals surface area contributed by atoms with Crippen molar-refractivity contribution < 1.29 is 18.5 Å². The molecule has 0 aliphatic carbocycles. The minimum atomic E-state index is -1.02. The number of benzene rings is 1. The van der Waals surface area contributed by atoms with E-state index in [0.29, 0.717) is 9.13 Å².